The Hall–Kier alpha value is -1.61. The molecule has 0 spiro atoms. The van der Waals surface area contributed by atoms with E-state index in [4.69, 9.17) is 11.6 Å². The highest BCUT2D eigenvalue weighted by atomic mass is 35.5. The van der Waals surface area contributed by atoms with E-state index in [1.165, 1.54) is 10.9 Å². The molecule has 0 saturated heterocycles. The van der Waals surface area contributed by atoms with Gasteiger partial charge in [0.2, 0.25) is 0 Å². The molecule has 0 radical (unpaired) electrons. The fraction of sp³-hybridized carbons (Fsp3) is 0.0909. The zero-order chi connectivity index (χ0) is 10.8. The summed E-state index contributed by atoms with van der Waals surface area (Å²) in [4.78, 5) is 11.8. The van der Waals surface area contributed by atoms with Crippen molar-refractivity contribution in [2.45, 2.75) is 0 Å². The summed E-state index contributed by atoms with van der Waals surface area (Å²) < 4.78 is 1.27. The summed E-state index contributed by atoms with van der Waals surface area (Å²) in [5.74, 6) is 0. The minimum absolute atomic E-state index is 0.186. The highest BCUT2D eigenvalue weighted by Gasteiger charge is 2.09. The van der Waals surface area contributed by atoms with Crippen molar-refractivity contribution in [3.63, 3.8) is 0 Å². The number of rotatable bonds is 1. The van der Waals surface area contributed by atoms with Gasteiger partial charge in [0.1, 0.15) is 0 Å². The predicted octanol–water partition coefficient (Wildman–Crippen LogP) is 2.10. The number of benzene rings is 1. The fourth-order valence-corrected chi connectivity index (χ4v) is 1.62. The second-order valence-electron chi connectivity index (χ2n) is 3.16. The molecule has 0 amide bonds. The first-order valence-electron chi connectivity index (χ1n) is 4.47. The first kappa shape index (κ1) is 9.93. The molecule has 0 N–H and O–H groups in total. The van der Waals surface area contributed by atoms with Crippen LogP contribution in [0.3, 0.4) is 0 Å². The van der Waals surface area contributed by atoms with Crippen molar-refractivity contribution >= 4 is 11.6 Å². The Morgan fingerprint density at radius 1 is 1.27 bits per heavy atom. The van der Waals surface area contributed by atoms with Gasteiger partial charge in [0.25, 0.3) is 5.56 Å². The third-order valence-electron chi connectivity index (χ3n) is 2.15. The fourth-order valence-electron chi connectivity index (χ4n) is 1.38. The van der Waals surface area contributed by atoms with Gasteiger partial charge in [0.15, 0.2) is 0 Å². The van der Waals surface area contributed by atoms with Gasteiger partial charge in [-0.3, -0.25) is 4.79 Å². The van der Waals surface area contributed by atoms with E-state index in [-0.39, 0.29) is 5.56 Å². The predicted molar refractivity (Wildman–Crippen MR) is 59.9 cm³/mol. The Kier molecular flexibility index (Phi) is 2.56. The maximum atomic E-state index is 11.8. The lowest BCUT2D eigenvalue weighted by Gasteiger charge is -2.04. The molecule has 0 unspecified atom stereocenters. The molecule has 0 aliphatic rings. The van der Waals surface area contributed by atoms with E-state index in [0.717, 1.165) is 5.56 Å². The van der Waals surface area contributed by atoms with Crippen molar-refractivity contribution in [2.24, 2.45) is 7.05 Å². The van der Waals surface area contributed by atoms with E-state index in [2.05, 4.69) is 5.10 Å². The molecule has 0 aliphatic heterocycles. The monoisotopic (exact) mass is 220 g/mol. The molecule has 1 aromatic heterocycles. The minimum Gasteiger partial charge on any atom is -0.267 e. The number of halogens is 1. The van der Waals surface area contributed by atoms with Gasteiger partial charge in [0.05, 0.1) is 16.8 Å². The van der Waals surface area contributed by atoms with Gasteiger partial charge in [-0.05, 0) is 5.56 Å². The van der Waals surface area contributed by atoms with Crippen LogP contribution in [0.5, 0.6) is 0 Å². The highest BCUT2D eigenvalue weighted by molar-refractivity contribution is 6.33. The van der Waals surface area contributed by atoms with Gasteiger partial charge in [-0.1, -0.05) is 41.9 Å². The number of nitrogens with zero attached hydrogens (tertiary/aromatic N) is 2. The standard InChI is InChI=1S/C11H9ClN2O/c1-14-11(15)10(9(12)7-13-14)8-5-3-2-4-6-8/h2-7H,1H3. The van der Waals surface area contributed by atoms with Crippen LogP contribution in [0.1, 0.15) is 0 Å². The van der Waals surface area contributed by atoms with Gasteiger partial charge in [0, 0.05) is 7.05 Å². The zero-order valence-corrected chi connectivity index (χ0v) is 8.90. The summed E-state index contributed by atoms with van der Waals surface area (Å²) in [5.41, 5.74) is 1.12. The lowest BCUT2D eigenvalue weighted by molar-refractivity contribution is 0.709. The van der Waals surface area contributed by atoms with E-state index < -0.39 is 0 Å². The second-order valence-corrected chi connectivity index (χ2v) is 3.57. The van der Waals surface area contributed by atoms with Gasteiger partial charge < -0.3 is 0 Å². The molecular formula is C11H9ClN2O. The topological polar surface area (TPSA) is 34.9 Å². The number of hydrogen-bond donors (Lipinski definition) is 0. The molecule has 2 rings (SSSR count). The lowest BCUT2D eigenvalue weighted by atomic mass is 10.1. The van der Waals surface area contributed by atoms with Crippen molar-refractivity contribution < 1.29 is 0 Å². The van der Waals surface area contributed by atoms with Crippen molar-refractivity contribution in [3.8, 4) is 11.1 Å². The van der Waals surface area contributed by atoms with Gasteiger partial charge in [-0.25, -0.2) is 4.68 Å². The molecule has 0 bridgehead atoms. The molecule has 0 aliphatic carbocycles. The molecular weight excluding hydrogens is 212 g/mol. The molecule has 2 aromatic rings. The van der Waals surface area contributed by atoms with E-state index >= 15 is 0 Å². The van der Waals surface area contributed by atoms with Crippen LogP contribution >= 0.6 is 11.6 Å². The maximum absolute atomic E-state index is 11.8. The van der Waals surface area contributed by atoms with Crippen molar-refractivity contribution in [1.82, 2.24) is 9.78 Å². The van der Waals surface area contributed by atoms with Crippen LogP contribution in [0.15, 0.2) is 41.3 Å². The molecule has 3 nitrogen and oxygen atoms in total. The van der Waals surface area contributed by atoms with Crippen LogP contribution in [0.25, 0.3) is 11.1 Å². The molecule has 15 heavy (non-hydrogen) atoms. The molecule has 0 atom stereocenters. The average molecular weight is 221 g/mol. The lowest BCUT2D eigenvalue weighted by Crippen LogP contribution is -2.21. The van der Waals surface area contributed by atoms with Crippen molar-refractivity contribution in [3.05, 3.63) is 51.9 Å². The molecule has 1 aromatic carbocycles. The molecule has 0 saturated carbocycles. The van der Waals surface area contributed by atoms with Gasteiger partial charge in [-0.2, -0.15) is 5.10 Å². The maximum Gasteiger partial charge on any atom is 0.275 e. The largest absolute Gasteiger partial charge is 0.275 e. The summed E-state index contributed by atoms with van der Waals surface area (Å²) in [6.45, 7) is 0. The second kappa shape index (κ2) is 3.87. The van der Waals surface area contributed by atoms with Gasteiger partial charge in [-0.15, -0.1) is 0 Å². The molecule has 1 heterocycles. The third kappa shape index (κ3) is 1.78. The van der Waals surface area contributed by atoms with Crippen LogP contribution in [-0.4, -0.2) is 9.78 Å². The quantitative estimate of drug-likeness (QED) is 0.738. The zero-order valence-electron chi connectivity index (χ0n) is 8.14. The van der Waals surface area contributed by atoms with Crippen LogP contribution in [-0.2, 0) is 7.05 Å². The smallest absolute Gasteiger partial charge is 0.267 e. The van der Waals surface area contributed by atoms with Crippen LogP contribution in [0, 0.1) is 0 Å². The number of aromatic nitrogens is 2. The number of hydrogen-bond acceptors (Lipinski definition) is 2. The molecule has 76 valence electrons. The Labute approximate surface area is 91.9 Å². The number of aryl methyl sites for hydroxylation is 1. The van der Waals surface area contributed by atoms with Crippen molar-refractivity contribution in [1.29, 1.82) is 0 Å². The summed E-state index contributed by atoms with van der Waals surface area (Å²) in [6.07, 6.45) is 1.48. The van der Waals surface area contributed by atoms with Gasteiger partial charge >= 0.3 is 0 Å². The van der Waals surface area contributed by atoms with Crippen LogP contribution < -0.4 is 5.56 Å². The van der Waals surface area contributed by atoms with Crippen LogP contribution in [0.2, 0.25) is 5.02 Å². The van der Waals surface area contributed by atoms with E-state index in [9.17, 15) is 4.79 Å². The SMILES string of the molecule is Cn1ncc(Cl)c(-c2ccccc2)c1=O. The van der Waals surface area contributed by atoms with Crippen molar-refractivity contribution in [2.75, 3.05) is 0 Å². The summed E-state index contributed by atoms with van der Waals surface area (Å²) >= 11 is 5.96. The van der Waals surface area contributed by atoms with Crippen LogP contribution in [0.4, 0.5) is 0 Å². The highest BCUT2D eigenvalue weighted by Crippen LogP contribution is 2.22. The first-order valence-corrected chi connectivity index (χ1v) is 4.85. The summed E-state index contributed by atoms with van der Waals surface area (Å²) in [7, 11) is 1.60. The Bertz CT molecular complexity index is 534. The molecule has 4 heteroatoms. The normalized spacial score (nSPS) is 10.3. The average Bonchev–Trinajstić information content (AvgIpc) is 2.26. The summed E-state index contributed by atoms with van der Waals surface area (Å²) in [6, 6.07) is 9.32. The summed E-state index contributed by atoms with van der Waals surface area (Å²) in [5, 5.41) is 4.22. The first-order chi connectivity index (χ1) is 7.20. The van der Waals surface area contributed by atoms with E-state index in [1.54, 1.807) is 7.05 Å². The van der Waals surface area contributed by atoms with E-state index in [0.29, 0.717) is 10.6 Å². The third-order valence-corrected chi connectivity index (χ3v) is 2.44. The van der Waals surface area contributed by atoms with E-state index in [1.807, 2.05) is 30.3 Å². The Morgan fingerprint density at radius 2 is 1.93 bits per heavy atom. The Morgan fingerprint density at radius 3 is 2.60 bits per heavy atom. The Balaban J connectivity index is 2.73. The minimum atomic E-state index is -0.186. The molecule has 0 fully saturated rings.